The largest absolute Gasteiger partial charge is 0.493 e. The van der Waals surface area contributed by atoms with Crippen molar-refractivity contribution in [3.63, 3.8) is 0 Å². The molecule has 0 atom stereocenters. The van der Waals surface area contributed by atoms with Gasteiger partial charge in [-0.3, -0.25) is 14.5 Å². The molecule has 2 amide bonds. The van der Waals surface area contributed by atoms with Gasteiger partial charge in [0.1, 0.15) is 6.61 Å². The molecule has 1 aliphatic heterocycles. The second-order valence-electron chi connectivity index (χ2n) is 7.45. The Morgan fingerprint density at radius 2 is 1.69 bits per heavy atom. The summed E-state index contributed by atoms with van der Waals surface area (Å²) >= 11 is 25.0. The van der Waals surface area contributed by atoms with Gasteiger partial charge in [0.2, 0.25) is 0 Å². The molecule has 3 aromatic carbocycles. The van der Waals surface area contributed by atoms with E-state index in [9.17, 15) is 9.59 Å². The highest BCUT2D eigenvalue weighted by Crippen LogP contribution is 2.36. The first-order chi connectivity index (χ1) is 16.7. The maximum absolute atomic E-state index is 12.9. The lowest BCUT2D eigenvalue weighted by atomic mass is 10.1. The molecule has 4 rings (SSSR count). The van der Waals surface area contributed by atoms with Gasteiger partial charge >= 0.3 is 0 Å². The molecule has 5 nitrogen and oxygen atoms in total. The molecule has 3 aromatic rings. The first-order valence-corrected chi connectivity index (χ1v) is 12.5. The van der Waals surface area contributed by atoms with Crippen LogP contribution in [0.15, 0.2) is 59.5 Å². The van der Waals surface area contributed by atoms with Crippen LogP contribution in [0.1, 0.15) is 16.7 Å². The van der Waals surface area contributed by atoms with Gasteiger partial charge in [-0.05, 0) is 65.4 Å². The van der Waals surface area contributed by atoms with Gasteiger partial charge in [0.15, 0.2) is 11.5 Å². The Bertz CT molecular complexity index is 1350. The van der Waals surface area contributed by atoms with E-state index in [4.69, 9.17) is 55.9 Å². The molecule has 0 saturated carbocycles. The number of carbonyl (C=O) groups is 2. The molecule has 1 aliphatic rings. The fraction of sp³-hybridized carbons (Fsp3) is 0.120. The number of hydrogen-bond acceptors (Lipinski definition) is 5. The highest BCUT2D eigenvalue weighted by atomic mass is 35.5. The minimum Gasteiger partial charge on any atom is -0.493 e. The van der Waals surface area contributed by atoms with Crippen LogP contribution in [0.4, 0.5) is 4.79 Å². The van der Waals surface area contributed by atoms with Crippen LogP contribution in [0, 0.1) is 0 Å². The van der Waals surface area contributed by atoms with Gasteiger partial charge in [0.25, 0.3) is 11.1 Å². The van der Waals surface area contributed by atoms with Crippen molar-refractivity contribution in [2.24, 2.45) is 0 Å². The minimum atomic E-state index is -0.386. The molecule has 35 heavy (non-hydrogen) atoms. The van der Waals surface area contributed by atoms with E-state index in [2.05, 4.69) is 0 Å². The fourth-order valence-corrected chi connectivity index (χ4v) is 4.92. The van der Waals surface area contributed by atoms with Crippen LogP contribution in [-0.4, -0.2) is 23.2 Å². The Hall–Kier alpha value is -2.35. The van der Waals surface area contributed by atoms with Gasteiger partial charge in [-0.2, -0.15) is 0 Å². The van der Waals surface area contributed by atoms with Crippen molar-refractivity contribution in [1.29, 1.82) is 0 Å². The van der Waals surface area contributed by atoms with Crippen molar-refractivity contribution < 1.29 is 19.1 Å². The number of hydrogen-bond donors (Lipinski definition) is 0. The van der Waals surface area contributed by atoms with Crippen LogP contribution in [-0.2, 0) is 17.9 Å². The Labute approximate surface area is 226 Å². The number of benzene rings is 3. The first kappa shape index (κ1) is 25.7. The van der Waals surface area contributed by atoms with Crippen LogP contribution < -0.4 is 9.47 Å². The third kappa shape index (κ3) is 6.08. The zero-order chi connectivity index (χ0) is 25.1. The number of thioether (sulfide) groups is 1. The Morgan fingerprint density at radius 1 is 0.886 bits per heavy atom. The van der Waals surface area contributed by atoms with Gasteiger partial charge in [0.05, 0.1) is 28.6 Å². The number of nitrogens with zero attached hydrogens (tertiary/aromatic N) is 1. The maximum Gasteiger partial charge on any atom is 0.293 e. The van der Waals surface area contributed by atoms with Crippen molar-refractivity contribution in [3.8, 4) is 11.5 Å². The van der Waals surface area contributed by atoms with Gasteiger partial charge in [-0.15, -0.1) is 0 Å². The molecule has 0 bridgehead atoms. The number of ether oxygens (including phenoxy) is 2. The molecule has 0 spiro atoms. The zero-order valence-corrected chi connectivity index (χ0v) is 22.0. The second kappa shape index (κ2) is 11.1. The predicted octanol–water partition coefficient (Wildman–Crippen LogP) is 8.12. The Kier molecular flexibility index (Phi) is 8.19. The quantitative estimate of drug-likeness (QED) is 0.269. The third-order valence-electron chi connectivity index (χ3n) is 5.08. The molecule has 1 saturated heterocycles. The summed E-state index contributed by atoms with van der Waals surface area (Å²) in [5, 5.41) is 1.45. The number of methoxy groups -OCH3 is 1. The standard InChI is InChI=1S/C25H17Cl4NO4S/c1-33-22-9-14(3-7-21(22)34-13-16-4-5-17(26)11-19(16)28)10-23-24(31)30(25(32)35-23)12-15-2-6-18(27)20(29)8-15/h2-11H,12-13H2,1H3/b23-10+. The molecular weight excluding hydrogens is 552 g/mol. The lowest BCUT2D eigenvalue weighted by Crippen LogP contribution is -2.27. The molecule has 10 heteroatoms. The van der Waals surface area contributed by atoms with E-state index in [1.165, 1.54) is 12.0 Å². The lowest BCUT2D eigenvalue weighted by Gasteiger charge is -2.13. The van der Waals surface area contributed by atoms with Crippen LogP contribution in [0.2, 0.25) is 20.1 Å². The second-order valence-corrected chi connectivity index (χ2v) is 10.1. The molecule has 0 radical (unpaired) electrons. The van der Waals surface area contributed by atoms with E-state index >= 15 is 0 Å². The number of rotatable bonds is 7. The molecule has 0 aliphatic carbocycles. The van der Waals surface area contributed by atoms with Gasteiger partial charge in [-0.1, -0.05) is 64.6 Å². The summed E-state index contributed by atoms with van der Waals surface area (Å²) in [7, 11) is 1.52. The summed E-state index contributed by atoms with van der Waals surface area (Å²) in [5.74, 6) is 0.588. The third-order valence-corrected chi connectivity index (χ3v) is 7.32. The summed E-state index contributed by atoms with van der Waals surface area (Å²) in [6.07, 6.45) is 1.64. The predicted molar refractivity (Wildman–Crippen MR) is 142 cm³/mol. The normalized spacial score (nSPS) is 14.7. The summed E-state index contributed by atoms with van der Waals surface area (Å²) in [6, 6.07) is 15.4. The van der Waals surface area contributed by atoms with E-state index in [0.717, 1.165) is 17.3 Å². The van der Waals surface area contributed by atoms with Crippen molar-refractivity contribution in [2.45, 2.75) is 13.2 Å². The van der Waals surface area contributed by atoms with Crippen LogP contribution in [0.25, 0.3) is 6.08 Å². The Balaban J connectivity index is 1.49. The van der Waals surface area contributed by atoms with Gasteiger partial charge in [0, 0.05) is 15.6 Å². The molecule has 1 heterocycles. The summed E-state index contributed by atoms with van der Waals surface area (Å²) < 4.78 is 11.3. The molecule has 0 N–H and O–H groups in total. The Morgan fingerprint density at radius 3 is 2.40 bits per heavy atom. The smallest absolute Gasteiger partial charge is 0.293 e. The topological polar surface area (TPSA) is 55.8 Å². The van der Waals surface area contributed by atoms with E-state index in [1.807, 2.05) is 0 Å². The van der Waals surface area contributed by atoms with Crippen molar-refractivity contribution in [1.82, 2.24) is 4.90 Å². The monoisotopic (exact) mass is 567 g/mol. The average Bonchev–Trinajstić information content (AvgIpc) is 3.08. The average molecular weight is 569 g/mol. The van der Waals surface area contributed by atoms with E-state index in [-0.39, 0.29) is 24.3 Å². The number of halogens is 4. The number of amides is 2. The first-order valence-electron chi connectivity index (χ1n) is 10.2. The summed E-state index contributed by atoms with van der Waals surface area (Å²) in [5.41, 5.74) is 2.16. The molecule has 0 unspecified atom stereocenters. The van der Waals surface area contributed by atoms with Gasteiger partial charge in [-0.25, -0.2) is 0 Å². The van der Waals surface area contributed by atoms with Crippen LogP contribution in [0.3, 0.4) is 0 Å². The molecule has 1 fully saturated rings. The van der Waals surface area contributed by atoms with E-state index in [1.54, 1.807) is 60.7 Å². The van der Waals surface area contributed by atoms with E-state index < -0.39 is 0 Å². The highest BCUT2D eigenvalue weighted by Gasteiger charge is 2.35. The zero-order valence-electron chi connectivity index (χ0n) is 18.2. The highest BCUT2D eigenvalue weighted by molar-refractivity contribution is 8.18. The summed E-state index contributed by atoms with van der Waals surface area (Å²) in [4.78, 5) is 26.9. The fourth-order valence-electron chi connectivity index (χ4n) is 3.30. The van der Waals surface area contributed by atoms with Crippen molar-refractivity contribution in [2.75, 3.05) is 7.11 Å². The number of carbonyl (C=O) groups excluding carboxylic acids is 2. The van der Waals surface area contributed by atoms with Crippen molar-refractivity contribution in [3.05, 3.63) is 96.3 Å². The lowest BCUT2D eigenvalue weighted by molar-refractivity contribution is -0.123. The van der Waals surface area contributed by atoms with Crippen molar-refractivity contribution >= 4 is 75.4 Å². The number of imide groups is 1. The SMILES string of the molecule is COc1cc(/C=C2/SC(=O)N(Cc3ccc(Cl)c(Cl)c3)C2=O)ccc1OCc1ccc(Cl)cc1Cl. The van der Waals surface area contributed by atoms with E-state index in [0.29, 0.717) is 47.6 Å². The molecule has 180 valence electrons. The maximum atomic E-state index is 12.9. The minimum absolute atomic E-state index is 0.0995. The molecule has 0 aromatic heterocycles. The van der Waals surface area contributed by atoms with Crippen LogP contribution in [0.5, 0.6) is 11.5 Å². The molecular formula is C25H17Cl4NO4S. The van der Waals surface area contributed by atoms with Gasteiger partial charge < -0.3 is 9.47 Å². The summed E-state index contributed by atoms with van der Waals surface area (Å²) in [6.45, 7) is 0.321. The van der Waals surface area contributed by atoms with Crippen LogP contribution >= 0.6 is 58.2 Å².